The Bertz CT molecular complexity index is 948. The third kappa shape index (κ3) is 3.32. The van der Waals surface area contributed by atoms with Gasteiger partial charge >= 0.3 is 0 Å². The van der Waals surface area contributed by atoms with Gasteiger partial charge in [-0.05, 0) is 42.7 Å². The number of aliphatic hydroxyl groups excluding tert-OH is 1. The van der Waals surface area contributed by atoms with Crippen molar-refractivity contribution in [1.82, 2.24) is 4.90 Å². The number of amides is 1. The maximum Gasteiger partial charge on any atom is 0.290 e. The molecule has 1 saturated heterocycles. The normalized spacial score (nSPS) is 22.4. The number of hydrogen-bond acceptors (Lipinski definition) is 5. The van der Waals surface area contributed by atoms with E-state index in [4.69, 9.17) is 32.4 Å². The van der Waals surface area contributed by atoms with Crippen LogP contribution >= 0.6 is 23.2 Å². The fourth-order valence-electron chi connectivity index (χ4n) is 3.65. The second kappa shape index (κ2) is 7.62. The molecule has 0 radical (unpaired) electrons. The molecule has 28 heavy (non-hydrogen) atoms. The second-order valence-electron chi connectivity index (χ2n) is 6.74. The lowest BCUT2D eigenvalue weighted by Crippen LogP contribution is -2.37. The number of carbonyl (C=O) groups is 2. The molecule has 1 aromatic heterocycles. The molecule has 2 atom stereocenters. The molecule has 0 spiro atoms. The van der Waals surface area contributed by atoms with E-state index in [0.29, 0.717) is 22.2 Å². The largest absolute Gasteiger partial charge is 0.503 e. The first-order valence-electron chi connectivity index (χ1n) is 8.86. The van der Waals surface area contributed by atoms with E-state index in [0.717, 1.165) is 12.8 Å². The maximum absolute atomic E-state index is 13.0. The molecule has 0 aliphatic carbocycles. The highest BCUT2D eigenvalue weighted by Gasteiger charge is 2.45. The summed E-state index contributed by atoms with van der Waals surface area (Å²) in [6.07, 6.45) is 2.92. The van der Waals surface area contributed by atoms with Gasteiger partial charge in [0.2, 0.25) is 5.78 Å². The monoisotopic (exact) mass is 421 g/mol. The van der Waals surface area contributed by atoms with E-state index in [1.165, 1.54) is 17.2 Å². The van der Waals surface area contributed by atoms with Gasteiger partial charge in [-0.2, -0.15) is 0 Å². The zero-order valence-corrected chi connectivity index (χ0v) is 16.2. The van der Waals surface area contributed by atoms with Crippen molar-refractivity contribution in [1.29, 1.82) is 0 Å². The molecule has 0 bridgehead atoms. The Labute approximate surface area is 171 Å². The first-order valence-corrected chi connectivity index (χ1v) is 9.62. The number of aliphatic hydroxyl groups is 1. The molecule has 6 nitrogen and oxygen atoms in total. The van der Waals surface area contributed by atoms with Crippen LogP contribution in [-0.2, 0) is 9.53 Å². The van der Waals surface area contributed by atoms with Crippen LogP contribution < -0.4 is 0 Å². The molecule has 3 heterocycles. The number of halogens is 2. The van der Waals surface area contributed by atoms with Gasteiger partial charge in [-0.1, -0.05) is 29.3 Å². The van der Waals surface area contributed by atoms with Crippen molar-refractivity contribution in [3.8, 4) is 0 Å². The molecule has 146 valence electrons. The molecule has 1 amide bonds. The summed E-state index contributed by atoms with van der Waals surface area (Å²) >= 11 is 12.2. The molecule has 1 N–H and O–H groups in total. The van der Waals surface area contributed by atoms with Crippen LogP contribution in [0.25, 0.3) is 0 Å². The van der Waals surface area contributed by atoms with Crippen molar-refractivity contribution in [2.24, 2.45) is 0 Å². The summed E-state index contributed by atoms with van der Waals surface area (Å²) in [6, 6.07) is 7.12. The zero-order valence-electron chi connectivity index (χ0n) is 14.7. The zero-order chi connectivity index (χ0) is 19.8. The molecule has 2 unspecified atom stereocenters. The van der Waals surface area contributed by atoms with Gasteiger partial charge in [0.05, 0.1) is 34.0 Å². The summed E-state index contributed by atoms with van der Waals surface area (Å²) in [6.45, 7) is 0.879. The van der Waals surface area contributed by atoms with Gasteiger partial charge in [0, 0.05) is 13.2 Å². The van der Waals surface area contributed by atoms with Gasteiger partial charge in [0.25, 0.3) is 5.91 Å². The Hall–Kier alpha value is -2.28. The van der Waals surface area contributed by atoms with E-state index in [1.807, 2.05) is 0 Å². The van der Waals surface area contributed by atoms with E-state index in [-0.39, 0.29) is 24.0 Å². The molecule has 8 heteroatoms. The highest BCUT2D eigenvalue weighted by atomic mass is 35.5. The van der Waals surface area contributed by atoms with Crippen LogP contribution in [0.1, 0.15) is 35.0 Å². The quantitative estimate of drug-likeness (QED) is 0.725. The van der Waals surface area contributed by atoms with Gasteiger partial charge in [-0.3, -0.25) is 9.59 Å². The van der Waals surface area contributed by atoms with Crippen LogP contribution in [0, 0.1) is 0 Å². The minimum Gasteiger partial charge on any atom is -0.503 e. The lowest BCUT2D eigenvalue weighted by Gasteiger charge is -2.29. The number of ketones is 1. The van der Waals surface area contributed by atoms with E-state index >= 15 is 0 Å². The molecule has 1 aromatic carbocycles. The number of furan rings is 1. The number of benzene rings is 1. The molecule has 4 rings (SSSR count). The van der Waals surface area contributed by atoms with E-state index in [2.05, 4.69) is 0 Å². The molecule has 2 aromatic rings. The Balaban J connectivity index is 1.78. The number of Topliss-reactive ketones (excluding diaryl/α,β-unsaturated/α-hetero) is 1. The van der Waals surface area contributed by atoms with Crippen molar-refractivity contribution >= 4 is 34.9 Å². The summed E-state index contributed by atoms with van der Waals surface area (Å²) in [5.74, 6) is -1.72. The number of ether oxygens (including phenoxy) is 1. The predicted octanol–water partition coefficient (Wildman–Crippen LogP) is 4.34. The minimum absolute atomic E-state index is 0.0402. The molecule has 0 saturated carbocycles. The highest BCUT2D eigenvalue weighted by Crippen LogP contribution is 2.41. The van der Waals surface area contributed by atoms with Crippen LogP contribution in [0.15, 0.2) is 52.3 Å². The summed E-state index contributed by atoms with van der Waals surface area (Å²) in [5, 5.41) is 11.2. The standard InChI is InChI=1S/C20H17Cl2NO5/c21-13-6-5-11(9-14(13)22)17-16(18(24)15-4-2-8-28-15)19(25)20(26)23(17)10-12-3-1-7-27-12/h2,4-6,8-9,12,17,25H,1,3,7,10H2. The van der Waals surface area contributed by atoms with Crippen molar-refractivity contribution in [2.75, 3.05) is 13.2 Å². The van der Waals surface area contributed by atoms with E-state index < -0.39 is 23.5 Å². The van der Waals surface area contributed by atoms with Crippen LogP contribution in [0.2, 0.25) is 10.0 Å². The molecular formula is C20H17Cl2NO5. The second-order valence-corrected chi connectivity index (χ2v) is 7.55. The molecule has 2 aliphatic rings. The number of rotatable bonds is 5. The van der Waals surface area contributed by atoms with Crippen LogP contribution in [0.5, 0.6) is 0 Å². The van der Waals surface area contributed by atoms with Crippen molar-refractivity contribution in [3.63, 3.8) is 0 Å². The minimum atomic E-state index is -0.816. The lowest BCUT2D eigenvalue weighted by molar-refractivity contribution is -0.131. The summed E-state index contributed by atoms with van der Waals surface area (Å²) in [7, 11) is 0. The van der Waals surface area contributed by atoms with Gasteiger partial charge < -0.3 is 19.2 Å². The van der Waals surface area contributed by atoms with Crippen molar-refractivity contribution in [3.05, 3.63) is 69.3 Å². The lowest BCUT2D eigenvalue weighted by atomic mass is 9.95. The highest BCUT2D eigenvalue weighted by molar-refractivity contribution is 6.42. The first-order chi connectivity index (χ1) is 13.5. The third-order valence-corrected chi connectivity index (χ3v) is 5.72. The molecular weight excluding hydrogens is 405 g/mol. The number of carbonyl (C=O) groups excluding carboxylic acids is 2. The van der Waals surface area contributed by atoms with Gasteiger partial charge in [-0.15, -0.1) is 0 Å². The summed E-state index contributed by atoms with van der Waals surface area (Å²) in [5.41, 5.74) is 0.524. The Morgan fingerprint density at radius 3 is 2.71 bits per heavy atom. The van der Waals surface area contributed by atoms with Crippen molar-refractivity contribution in [2.45, 2.75) is 25.0 Å². The summed E-state index contributed by atoms with van der Waals surface area (Å²) < 4.78 is 10.8. The van der Waals surface area contributed by atoms with Crippen molar-refractivity contribution < 1.29 is 23.8 Å². The Morgan fingerprint density at radius 2 is 2.07 bits per heavy atom. The van der Waals surface area contributed by atoms with Crippen LogP contribution in [-0.4, -0.2) is 41.0 Å². The Kier molecular flexibility index (Phi) is 5.19. The van der Waals surface area contributed by atoms with Gasteiger partial charge in [0.15, 0.2) is 11.5 Å². The summed E-state index contributed by atoms with van der Waals surface area (Å²) in [4.78, 5) is 27.3. The number of hydrogen-bond donors (Lipinski definition) is 1. The fourth-order valence-corrected chi connectivity index (χ4v) is 3.96. The predicted molar refractivity (Wildman–Crippen MR) is 103 cm³/mol. The Morgan fingerprint density at radius 1 is 1.25 bits per heavy atom. The van der Waals surface area contributed by atoms with Gasteiger partial charge in [0.1, 0.15) is 0 Å². The van der Waals surface area contributed by atoms with Crippen LogP contribution in [0.4, 0.5) is 0 Å². The number of nitrogens with zero attached hydrogens (tertiary/aromatic N) is 1. The fraction of sp³-hybridized carbons (Fsp3) is 0.300. The third-order valence-electron chi connectivity index (χ3n) is 4.98. The molecule has 2 aliphatic heterocycles. The first kappa shape index (κ1) is 19.1. The SMILES string of the molecule is O=C(C1=C(O)C(=O)N(CC2CCCO2)C1c1ccc(Cl)c(Cl)c1)c1ccco1. The maximum atomic E-state index is 13.0. The van der Waals surface area contributed by atoms with E-state index in [9.17, 15) is 14.7 Å². The average Bonchev–Trinajstić information content (AvgIpc) is 3.42. The smallest absolute Gasteiger partial charge is 0.290 e. The average molecular weight is 422 g/mol. The van der Waals surface area contributed by atoms with Crippen LogP contribution in [0.3, 0.4) is 0 Å². The van der Waals surface area contributed by atoms with Gasteiger partial charge in [-0.25, -0.2) is 0 Å². The topological polar surface area (TPSA) is 80.0 Å². The molecule has 1 fully saturated rings. The van der Waals surface area contributed by atoms with E-state index in [1.54, 1.807) is 24.3 Å².